The maximum atomic E-state index is 11.9. The minimum atomic E-state index is -0.474. The first kappa shape index (κ1) is 16.6. The molecule has 4 rings (SSSR count). The number of benzene rings is 1. The van der Waals surface area contributed by atoms with Gasteiger partial charge in [-0.25, -0.2) is 4.52 Å². The third kappa shape index (κ3) is 3.04. The van der Waals surface area contributed by atoms with Gasteiger partial charge >= 0.3 is 0 Å². The normalized spacial score (nSPS) is 15.2. The van der Waals surface area contributed by atoms with Gasteiger partial charge < -0.3 is 16.8 Å². The molecule has 1 aromatic carbocycles. The van der Waals surface area contributed by atoms with Gasteiger partial charge in [0.1, 0.15) is 0 Å². The predicted octanol–water partition coefficient (Wildman–Crippen LogP) is 2.77. The number of carbonyl (C=O) groups is 1. The molecule has 2 heterocycles. The van der Waals surface area contributed by atoms with Crippen molar-refractivity contribution in [2.75, 3.05) is 5.32 Å². The van der Waals surface area contributed by atoms with Crippen LogP contribution in [-0.4, -0.2) is 21.6 Å². The molecular weight excluding hydrogens is 326 g/mol. The third-order valence-electron chi connectivity index (χ3n) is 5.10. The van der Waals surface area contributed by atoms with E-state index in [9.17, 15) is 4.79 Å². The van der Waals surface area contributed by atoms with Crippen LogP contribution >= 0.6 is 0 Å². The van der Waals surface area contributed by atoms with Gasteiger partial charge in [0.15, 0.2) is 0 Å². The highest BCUT2D eigenvalue weighted by Crippen LogP contribution is 2.36. The summed E-state index contributed by atoms with van der Waals surface area (Å²) in [5.41, 5.74) is 16.5. The SMILES string of the molecule is C[C@@H](Nc1c(C(N)=O)cnn2cc(-c3cccc(CN)c3)cc12)C1CC1. The molecule has 26 heavy (non-hydrogen) atoms. The van der Waals surface area contributed by atoms with Gasteiger partial charge in [-0.2, -0.15) is 5.10 Å². The molecule has 1 amide bonds. The number of hydrogen-bond acceptors (Lipinski definition) is 4. The van der Waals surface area contributed by atoms with Crippen LogP contribution in [0, 0.1) is 5.92 Å². The van der Waals surface area contributed by atoms with Crippen molar-refractivity contribution in [2.45, 2.75) is 32.4 Å². The van der Waals surface area contributed by atoms with Gasteiger partial charge in [-0.1, -0.05) is 18.2 Å². The second kappa shape index (κ2) is 6.46. The van der Waals surface area contributed by atoms with Crippen LogP contribution in [0.2, 0.25) is 0 Å². The standard InChI is InChI=1S/C20H23N5O/c1-12(14-5-6-14)24-19-17(20(22)26)10-23-25-11-16(8-18(19)25)15-4-2-3-13(7-15)9-21/h2-4,7-8,10-12,14,24H,5-6,9,21H2,1H3,(H2,22,26)/t12-/m1/s1. The number of primary amides is 1. The second-order valence-corrected chi connectivity index (χ2v) is 7.03. The van der Waals surface area contributed by atoms with Gasteiger partial charge in [-0.3, -0.25) is 4.79 Å². The Labute approximate surface area is 152 Å². The van der Waals surface area contributed by atoms with E-state index in [1.807, 2.05) is 30.5 Å². The summed E-state index contributed by atoms with van der Waals surface area (Å²) in [6.45, 7) is 2.64. The molecule has 3 aromatic rings. The summed E-state index contributed by atoms with van der Waals surface area (Å²) in [6, 6.07) is 10.4. The molecule has 6 nitrogen and oxygen atoms in total. The fourth-order valence-electron chi connectivity index (χ4n) is 3.37. The first-order chi connectivity index (χ1) is 12.6. The first-order valence-corrected chi connectivity index (χ1v) is 8.94. The Morgan fingerprint density at radius 1 is 1.35 bits per heavy atom. The molecule has 5 N–H and O–H groups in total. The highest BCUT2D eigenvalue weighted by molar-refractivity contribution is 6.02. The molecule has 0 bridgehead atoms. The number of aromatic nitrogens is 2. The minimum Gasteiger partial charge on any atom is -0.380 e. The Kier molecular flexibility index (Phi) is 4.12. The van der Waals surface area contributed by atoms with E-state index in [-0.39, 0.29) is 0 Å². The van der Waals surface area contributed by atoms with Crippen molar-refractivity contribution in [3.8, 4) is 11.1 Å². The number of fused-ring (bicyclic) bond motifs is 1. The summed E-state index contributed by atoms with van der Waals surface area (Å²) in [5.74, 6) is 0.179. The maximum Gasteiger partial charge on any atom is 0.252 e. The monoisotopic (exact) mass is 349 g/mol. The summed E-state index contributed by atoms with van der Waals surface area (Å²) in [6.07, 6.45) is 5.94. The van der Waals surface area contributed by atoms with Crippen LogP contribution in [0.25, 0.3) is 16.6 Å². The second-order valence-electron chi connectivity index (χ2n) is 7.03. The summed E-state index contributed by atoms with van der Waals surface area (Å²) in [5, 5.41) is 7.87. The molecule has 6 heteroatoms. The lowest BCUT2D eigenvalue weighted by atomic mass is 10.1. The zero-order valence-electron chi connectivity index (χ0n) is 14.8. The largest absolute Gasteiger partial charge is 0.380 e. The Bertz CT molecular complexity index is 973. The van der Waals surface area contributed by atoms with Gasteiger partial charge in [0, 0.05) is 24.3 Å². The van der Waals surface area contributed by atoms with Crippen LogP contribution in [0.5, 0.6) is 0 Å². The number of anilines is 1. The first-order valence-electron chi connectivity index (χ1n) is 8.94. The van der Waals surface area contributed by atoms with Crippen molar-refractivity contribution in [3.05, 3.63) is 53.9 Å². The van der Waals surface area contributed by atoms with Crippen LogP contribution in [-0.2, 0) is 6.54 Å². The van der Waals surface area contributed by atoms with Crippen molar-refractivity contribution >= 4 is 17.1 Å². The van der Waals surface area contributed by atoms with Crippen molar-refractivity contribution in [3.63, 3.8) is 0 Å². The van der Waals surface area contributed by atoms with Gasteiger partial charge in [0.05, 0.1) is 23.0 Å². The zero-order valence-corrected chi connectivity index (χ0v) is 14.8. The van der Waals surface area contributed by atoms with E-state index in [1.165, 1.54) is 19.0 Å². The number of rotatable bonds is 6. The maximum absolute atomic E-state index is 11.9. The molecular formula is C20H23N5O. The summed E-state index contributed by atoms with van der Waals surface area (Å²) in [7, 11) is 0. The van der Waals surface area contributed by atoms with E-state index in [4.69, 9.17) is 11.5 Å². The number of nitrogens with two attached hydrogens (primary N) is 2. The Balaban J connectivity index is 1.82. The van der Waals surface area contributed by atoms with Gasteiger partial charge in [0.25, 0.3) is 5.91 Å². The number of nitrogens with zero attached hydrogens (tertiary/aromatic N) is 2. The Morgan fingerprint density at radius 2 is 2.15 bits per heavy atom. The molecule has 0 aliphatic heterocycles. The summed E-state index contributed by atoms with van der Waals surface area (Å²) < 4.78 is 1.79. The van der Waals surface area contributed by atoms with Gasteiger partial charge in [-0.05, 0) is 48.9 Å². The molecule has 0 unspecified atom stereocenters. The third-order valence-corrected chi connectivity index (χ3v) is 5.10. The Hall–Kier alpha value is -2.86. The van der Waals surface area contributed by atoms with Crippen LogP contribution in [0.15, 0.2) is 42.7 Å². The molecule has 0 spiro atoms. The molecule has 1 aliphatic carbocycles. The van der Waals surface area contributed by atoms with Gasteiger partial charge in [-0.15, -0.1) is 0 Å². The minimum absolute atomic E-state index is 0.290. The average Bonchev–Trinajstić information content (AvgIpc) is 3.40. The number of carbonyl (C=O) groups excluding carboxylic acids is 1. The predicted molar refractivity (Wildman–Crippen MR) is 103 cm³/mol. The Morgan fingerprint density at radius 3 is 2.85 bits per heavy atom. The van der Waals surface area contributed by atoms with Crippen molar-refractivity contribution in [1.82, 2.24) is 9.61 Å². The van der Waals surface area contributed by atoms with Crippen molar-refractivity contribution in [2.24, 2.45) is 17.4 Å². The number of hydrogen-bond donors (Lipinski definition) is 3. The van der Waals surface area contributed by atoms with Crippen LogP contribution in [0.4, 0.5) is 5.69 Å². The molecule has 134 valence electrons. The average molecular weight is 349 g/mol. The molecule has 1 saturated carbocycles. The number of nitrogens with one attached hydrogen (secondary N) is 1. The molecule has 0 radical (unpaired) electrons. The van der Waals surface area contributed by atoms with E-state index in [2.05, 4.69) is 23.4 Å². The fraction of sp³-hybridized carbons (Fsp3) is 0.300. The van der Waals surface area contributed by atoms with Crippen molar-refractivity contribution in [1.29, 1.82) is 0 Å². The summed E-state index contributed by atoms with van der Waals surface area (Å²) in [4.78, 5) is 11.9. The van der Waals surface area contributed by atoms with E-state index in [1.54, 1.807) is 4.52 Å². The number of amides is 1. The van der Waals surface area contributed by atoms with Crippen molar-refractivity contribution < 1.29 is 4.79 Å². The lowest BCUT2D eigenvalue weighted by Gasteiger charge is -2.17. The van der Waals surface area contributed by atoms with E-state index < -0.39 is 5.91 Å². The zero-order chi connectivity index (χ0) is 18.3. The van der Waals surface area contributed by atoms with E-state index >= 15 is 0 Å². The highest BCUT2D eigenvalue weighted by Gasteiger charge is 2.29. The quantitative estimate of drug-likeness (QED) is 0.637. The smallest absolute Gasteiger partial charge is 0.252 e. The van der Waals surface area contributed by atoms with E-state index in [0.29, 0.717) is 24.1 Å². The molecule has 1 fully saturated rings. The van der Waals surface area contributed by atoms with E-state index in [0.717, 1.165) is 27.9 Å². The summed E-state index contributed by atoms with van der Waals surface area (Å²) >= 11 is 0. The fourth-order valence-corrected chi connectivity index (χ4v) is 3.37. The van der Waals surface area contributed by atoms with Gasteiger partial charge in [0.2, 0.25) is 0 Å². The lowest BCUT2D eigenvalue weighted by Crippen LogP contribution is -2.22. The van der Waals surface area contributed by atoms with Crippen LogP contribution in [0.3, 0.4) is 0 Å². The lowest BCUT2D eigenvalue weighted by molar-refractivity contribution is 0.100. The van der Waals surface area contributed by atoms with Crippen LogP contribution in [0.1, 0.15) is 35.7 Å². The molecule has 1 atom stereocenters. The highest BCUT2D eigenvalue weighted by atomic mass is 16.1. The molecule has 0 saturated heterocycles. The molecule has 1 aliphatic rings. The van der Waals surface area contributed by atoms with Crippen LogP contribution < -0.4 is 16.8 Å². The topological polar surface area (TPSA) is 98.4 Å². The molecule has 2 aromatic heterocycles.